The molecule has 0 unspecified atom stereocenters. The molecule has 1 aromatic rings. The van der Waals surface area contributed by atoms with Crippen LogP contribution in [0.15, 0.2) is 5.16 Å². The van der Waals surface area contributed by atoms with Crippen LogP contribution in [0, 0.1) is 5.92 Å². The molecule has 0 atom stereocenters. The third kappa shape index (κ3) is 4.55. The highest BCUT2D eigenvalue weighted by Gasteiger charge is 2.17. The van der Waals surface area contributed by atoms with Crippen molar-refractivity contribution in [3.05, 3.63) is 5.82 Å². The lowest BCUT2D eigenvalue weighted by molar-refractivity contribution is -0.117. The zero-order chi connectivity index (χ0) is 13.7. The van der Waals surface area contributed by atoms with Gasteiger partial charge in [-0.25, -0.2) is 9.78 Å². The highest BCUT2D eigenvalue weighted by Crippen LogP contribution is 2.27. The summed E-state index contributed by atoms with van der Waals surface area (Å²) in [5, 5.41) is 9.44. The van der Waals surface area contributed by atoms with Crippen molar-refractivity contribution in [3.8, 4) is 0 Å². The van der Waals surface area contributed by atoms with Crippen molar-refractivity contribution in [1.29, 1.82) is 0 Å². The molecule has 0 saturated heterocycles. The molecule has 4 N–H and O–H groups in total. The zero-order valence-corrected chi connectivity index (χ0v) is 11.3. The molecule has 0 bridgehead atoms. The van der Waals surface area contributed by atoms with Crippen LogP contribution in [0.2, 0.25) is 0 Å². The lowest BCUT2D eigenvalue weighted by Crippen LogP contribution is -2.36. The van der Waals surface area contributed by atoms with E-state index < -0.39 is 11.9 Å². The van der Waals surface area contributed by atoms with Crippen molar-refractivity contribution in [1.82, 2.24) is 20.5 Å². The Bertz CT molecular complexity index is 456. The fraction of sp³-hybridized carbons (Fsp3) is 0.636. The van der Waals surface area contributed by atoms with Gasteiger partial charge < -0.3 is 5.73 Å². The Labute approximate surface area is 115 Å². The van der Waals surface area contributed by atoms with Gasteiger partial charge in [0.2, 0.25) is 11.1 Å². The molecule has 19 heavy (non-hydrogen) atoms. The van der Waals surface area contributed by atoms with E-state index in [1.54, 1.807) is 0 Å². The number of aromatic amines is 1. The van der Waals surface area contributed by atoms with E-state index in [9.17, 15) is 9.59 Å². The lowest BCUT2D eigenvalue weighted by Gasteiger charge is -2.04. The first kappa shape index (κ1) is 13.9. The zero-order valence-electron chi connectivity index (χ0n) is 10.5. The number of imide groups is 1. The number of primary amides is 1. The van der Waals surface area contributed by atoms with E-state index in [0.717, 1.165) is 12.2 Å². The number of H-pyrrole nitrogens is 1. The smallest absolute Gasteiger partial charge is 0.318 e. The molecule has 7 nitrogen and oxygen atoms in total. The van der Waals surface area contributed by atoms with Gasteiger partial charge in [-0.15, -0.1) is 5.10 Å². The van der Waals surface area contributed by atoms with Crippen LogP contribution in [0.25, 0.3) is 0 Å². The summed E-state index contributed by atoms with van der Waals surface area (Å²) >= 11 is 1.18. The van der Waals surface area contributed by atoms with Crippen LogP contribution < -0.4 is 11.1 Å². The molecule has 1 fully saturated rings. The number of hydrogen-bond donors (Lipinski definition) is 3. The number of rotatable bonds is 5. The summed E-state index contributed by atoms with van der Waals surface area (Å²) in [6.07, 6.45) is 6.02. The summed E-state index contributed by atoms with van der Waals surface area (Å²) in [4.78, 5) is 26.0. The molecule has 1 aromatic heterocycles. The van der Waals surface area contributed by atoms with Gasteiger partial charge in [0.1, 0.15) is 5.82 Å². The van der Waals surface area contributed by atoms with Gasteiger partial charge in [0.05, 0.1) is 5.75 Å². The Morgan fingerprint density at radius 2 is 2.16 bits per heavy atom. The van der Waals surface area contributed by atoms with E-state index >= 15 is 0 Å². The summed E-state index contributed by atoms with van der Waals surface area (Å²) in [5.74, 6) is 1.19. The molecule has 0 radical (unpaired) electrons. The molecule has 104 valence electrons. The summed E-state index contributed by atoms with van der Waals surface area (Å²) in [5.41, 5.74) is 4.84. The molecule has 0 aliphatic heterocycles. The minimum Gasteiger partial charge on any atom is -0.351 e. The van der Waals surface area contributed by atoms with Gasteiger partial charge in [-0.05, 0) is 5.92 Å². The van der Waals surface area contributed by atoms with Gasteiger partial charge in [0.25, 0.3) is 0 Å². The molecule has 1 heterocycles. The number of nitrogens with zero attached hydrogens (tertiary/aromatic N) is 2. The Hall–Kier alpha value is -1.57. The molecule has 2 rings (SSSR count). The fourth-order valence-corrected chi connectivity index (χ4v) is 2.84. The van der Waals surface area contributed by atoms with E-state index in [2.05, 4.69) is 15.2 Å². The summed E-state index contributed by atoms with van der Waals surface area (Å²) in [7, 11) is 0. The third-order valence-electron chi connectivity index (χ3n) is 3.06. The molecule has 8 heteroatoms. The second-order valence-electron chi connectivity index (χ2n) is 4.62. The van der Waals surface area contributed by atoms with Gasteiger partial charge in [-0.3, -0.25) is 15.2 Å². The van der Waals surface area contributed by atoms with Crippen molar-refractivity contribution >= 4 is 23.7 Å². The molecule has 1 aliphatic rings. The highest BCUT2D eigenvalue weighted by molar-refractivity contribution is 7.99. The molecule has 1 saturated carbocycles. The Kier molecular flexibility index (Phi) is 4.78. The van der Waals surface area contributed by atoms with E-state index in [1.165, 1.54) is 37.4 Å². The first-order valence-corrected chi connectivity index (χ1v) is 7.25. The number of urea groups is 1. The second kappa shape index (κ2) is 6.55. The first-order chi connectivity index (χ1) is 9.13. The lowest BCUT2D eigenvalue weighted by atomic mass is 10.0. The summed E-state index contributed by atoms with van der Waals surface area (Å²) in [6.45, 7) is 0. The minimum atomic E-state index is -0.845. The number of nitrogens with one attached hydrogen (secondary N) is 2. The predicted octanol–water partition coefficient (Wildman–Crippen LogP) is 0.824. The monoisotopic (exact) mass is 283 g/mol. The molecular weight excluding hydrogens is 266 g/mol. The number of nitrogens with two attached hydrogens (primary N) is 1. The van der Waals surface area contributed by atoms with Crippen LogP contribution in [0.4, 0.5) is 4.79 Å². The van der Waals surface area contributed by atoms with Crippen LogP contribution in [-0.4, -0.2) is 32.9 Å². The second-order valence-corrected chi connectivity index (χ2v) is 5.56. The van der Waals surface area contributed by atoms with Crippen molar-refractivity contribution < 1.29 is 9.59 Å². The van der Waals surface area contributed by atoms with Gasteiger partial charge in [-0.2, -0.15) is 0 Å². The van der Waals surface area contributed by atoms with Crippen molar-refractivity contribution in [3.63, 3.8) is 0 Å². The third-order valence-corrected chi connectivity index (χ3v) is 3.91. The molecular formula is C11H17N5O2S. The van der Waals surface area contributed by atoms with E-state index in [0.29, 0.717) is 11.1 Å². The van der Waals surface area contributed by atoms with Crippen LogP contribution in [0.1, 0.15) is 31.5 Å². The Morgan fingerprint density at radius 3 is 2.84 bits per heavy atom. The Balaban J connectivity index is 1.77. The van der Waals surface area contributed by atoms with Crippen molar-refractivity contribution in [2.45, 2.75) is 37.3 Å². The normalized spacial score (nSPS) is 15.6. The molecule has 3 amide bonds. The van der Waals surface area contributed by atoms with Crippen LogP contribution >= 0.6 is 11.8 Å². The largest absolute Gasteiger partial charge is 0.351 e. The van der Waals surface area contributed by atoms with Crippen molar-refractivity contribution in [2.24, 2.45) is 11.7 Å². The maximum absolute atomic E-state index is 11.2. The van der Waals surface area contributed by atoms with E-state index in [1.807, 2.05) is 5.32 Å². The average molecular weight is 283 g/mol. The number of amides is 3. The number of carbonyl (C=O) groups excluding carboxylic acids is 2. The van der Waals surface area contributed by atoms with Gasteiger partial charge in [0.15, 0.2) is 0 Å². The maximum Gasteiger partial charge on any atom is 0.318 e. The number of thioether (sulfide) groups is 1. The number of aromatic nitrogens is 3. The summed E-state index contributed by atoms with van der Waals surface area (Å²) < 4.78 is 0. The first-order valence-electron chi connectivity index (χ1n) is 6.27. The van der Waals surface area contributed by atoms with Gasteiger partial charge in [-0.1, -0.05) is 37.4 Å². The van der Waals surface area contributed by atoms with E-state index in [4.69, 9.17) is 5.73 Å². The molecule has 0 aromatic carbocycles. The number of hydrogen-bond acceptors (Lipinski definition) is 5. The standard InChI is InChI=1S/C11H17N5O2S/c12-10(18)14-9(17)6-19-11-13-8(15-16-11)5-7-3-1-2-4-7/h7H,1-6H2,(H,13,15,16)(H3,12,14,17,18). The minimum absolute atomic E-state index is 0.0731. The average Bonchev–Trinajstić information content (AvgIpc) is 2.98. The Morgan fingerprint density at radius 1 is 1.42 bits per heavy atom. The predicted molar refractivity (Wildman–Crippen MR) is 70.5 cm³/mol. The van der Waals surface area contributed by atoms with Crippen molar-refractivity contribution in [2.75, 3.05) is 5.75 Å². The van der Waals surface area contributed by atoms with E-state index in [-0.39, 0.29) is 5.75 Å². The van der Waals surface area contributed by atoms with Crippen LogP contribution in [0.5, 0.6) is 0 Å². The highest BCUT2D eigenvalue weighted by atomic mass is 32.2. The maximum atomic E-state index is 11.2. The SMILES string of the molecule is NC(=O)NC(=O)CSc1n[nH]c(CC2CCCC2)n1. The molecule has 0 spiro atoms. The molecule has 1 aliphatic carbocycles. The fourth-order valence-electron chi connectivity index (χ4n) is 2.23. The summed E-state index contributed by atoms with van der Waals surface area (Å²) in [6, 6.07) is -0.845. The number of carbonyl (C=O) groups is 2. The van der Waals surface area contributed by atoms with Crippen LogP contribution in [0.3, 0.4) is 0 Å². The quantitative estimate of drug-likeness (QED) is 0.692. The van der Waals surface area contributed by atoms with Gasteiger partial charge >= 0.3 is 6.03 Å². The van der Waals surface area contributed by atoms with Crippen LogP contribution in [-0.2, 0) is 11.2 Å². The van der Waals surface area contributed by atoms with Gasteiger partial charge in [0, 0.05) is 6.42 Å². The topological polar surface area (TPSA) is 114 Å².